The van der Waals surface area contributed by atoms with E-state index in [4.69, 9.17) is 22.3 Å². The first-order valence-electron chi connectivity index (χ1n) is 4.88. The Balaban J connectivity index is 3.08. The second kappa shape index (κ2) is 5.73. The standard InChI is InChI=1S/C11H11Cl2NO3S/c1-7-3-4-9(18(13,16)17)5-10(7)11(15)14-6-8(2)12/h3-5H,2,6H2,1H3,(H,14,15). The van der Waals surface area contributed by atoms with E-state index in [0.29, 0.717) is 5.56 Å². The zero-order valence-electron chi connectivity index (χ0n) is 9.54. The molecule has 1 rings (SSSR count). The van der Waals surface area contributed by atoms with Crippen molar-refractivity contribution in [3.05, 3.63) is 40.9 Å². The first-order valence-corrected chi connectivity index (χ1v) is 7.57. The fraction of sp³-hybridized carbons (Fsp3) is 0.182. The van der Waals surface area contributed by atoms with Crippen LogP contribution >= 0.6 is 22.3 Å². The molecule has 7 heteroatoms. The number of hydrogen-bond acceptors (Lipinski definition) is 3. The Morgan fingerprint density at radius 1 is 1.44 bits per heavy atom. The fourth-order valence-electron chi connectivity index (χ4n) is 1.27. The number of hydrogen-bond donors (Lipinski definition) is 1. The van der Waals surface area contributed by atoms with Crippen molar-refractivity contribution in [2.75, 3.05) is 6.54 Å². The van der Waals surface area contributed by atoms with E-state index >= 15 is 0 Å². The lowest BCUT2D eigenvalue weighted by molar-refractivity contribution is 0.0957. The number of amides is 1. The third kappa shape index (κ3) is 4.01. The molecule has 0 aromatic heterocycles. The largest absolute Gasteiger partial charge is 0.347 e. The minimum Gasteiger partial charge on any atom is -0.347 e. The predicted octanol–water partition coefficient (Wildman–Crippen LogP) is 2.40. The van der Waals surface area contributed by atoms with Gasteiger partial charge in [0.2, 0.25) is 0 Å². The number of nitrogens with one attached hydrogen (secondary N) is 1. The molecule has 0 aliphatic carbocycles. The molecule has 0 bridgehead atoms. The second-order valence-electron chi connectivity index (χ2n) is 3.61. The zero-order valence-corrected chi connectivity index (χ0v) is 11.9. The van der Waals surface area contributed by atoms with Crippen LogP contribution in [0.3, 0.4) is 0 Å². The Labute approximate surface area is 115 Å². The maximum absolute atomic E-state index is 11.8. The third-order valence-electron chi connectivity index (χ3n) is 2.18. The third-order valence-corrected chi connectivity index (χ3v) is 3.66. The van der Waals surface area contributed by atoms with Gasteiger partial charge in [-0.05, 0) is 24.6 Å². The summed E-state index contributed by atoms with van der Waals surface area (Å²) in [6.45, 7) is 5.23. The van der Waals surface area contributed by atoms with Crippen LogP contribution in [0.1, 0.15) is 15.9 Å². The number of rotatable bonds is 4. The summed E-state index contributed by atoms with van der Waals surface area (Å²) in [6, 6.07) is 4.08. The molecule has 0 aliphatic heterocycles. The van der Waals surface area contributed by atoms with Crippen LogP contribution in [-0.2, 0) is 9.05 Å². The highest BCUT2D eigenvalue weighted by molar-refractivity contribution is 8.13. The van der Waals surface area contributed by atoms with Crippen LogP contribution in [0.4, 0.5) is 0 Å². The monoisotopic (exact) mass is 307 g/mol. The molecule has 0 saturated heterocycles. The Hall–Kier alpha value is -1.04. The maximum atomic E-state index is 11.8. The van der Waals surface area contributed by atoms with Gasteiger partial charge in [0.15, 0.2) is 0 Å². The van der Waals surface area contributed by atoms with Gasteiger partial charge in [0.05, 0.1) is 11.4 Å². The van der Waals surface area contributed by atoms with Gasteiger partial charge in [-0.2, -0.15) is 0 Å². The lowest BCUT2D eigenvalue weighted by Gasteiger charge is -2.08. The van der Waals surface area contributed by atoms with Crippen molar-refractivity contribution in [3.63, 3.8) is 0 Å². The quantitative estimate of drug-likeness (QED) is 0.869. The molecule has 0 aliphatic rings. The fourth-order valence-corrected chi connectivity index (χ4v) is 2.11. The Bertz CT molecular complexity index is 596. The van der Waals surface area contributed by atoms with Crippen LogP contribution in [0, 0.1) is 6.92 Å². The lowest BCUT2D eigenvalue weighted by Crippen LogP contribution is -2.25. The molecule has 1 amide bonds. The van der Waals surface area contributed by atoms with Gasteiger partial charge in [-0.3, -0.25) is 4.79 Å². The Morgan fingerprint density at radius 3 is 2.56 bits per heavy atom. The minimum atomic E-state index is -3.86. The highest BCUT2D eigenvalue weighted by Gasteiger charge is 2.15. The molecule has 0 atom stereocenters. The maximum Gasteiger partial charge on any atom is 0.261 e. The normalized spacial score (nSPS) is 11.1. The summed E-state index contributed by atoms with van der Waals surface area (Å²) in [5.74, 6) is -0.434. The van der Waals surface area contributed by atoms with Gasteiger partial charge in [-0.1, -0.05) is 24.2 Å². The first kappa shape index (κ1) is 15.0. The molecule has 18 heavy (non-hydrogen) atoms. The highest BCUT2D eigenvalue weighted by atomic mass is 35.7. The second-order valence-corrected chi connectivity index (χ2v) is 6.71. The molecule has 4 nitrogen and oxygen atoms in total. The molecule has 1 aromatic carbocycles. The van der Waals surface area contributed by atoms with Crippen molar-refractivity contribution in [2.24, 2.45) is 0 Å². The van der Waals surface area contributed by atoms with Gasteiger partial charge >= 0.3 is 0 Å². The van der Waals surface area contributed by atoms with Gasteiger partial charge in [-0.15, -0.1) is 0 Å². The molecule has 0 spiro atoms. The molecule has 0 unspecified atom stereocenters. The van der Waals surface area contributed by atoms with Crippen LogP contribution < -0.4 is 5.32 Å². The SMILES string of the molecule is C=C(Cl)CNC(=O)c1cc(S(=O)(=O)Cl)ccc1C. The Kier molecular flexibility index (Phi) is 4.78. The van der Waals surface area contributed by atoms with Gasteiger partial charge < -0.3 is 5.32 Å². The molecule has 0 heterocycles. The van der Waals surface area contributed by atoms with Crippen molar-refractivity contribution in [3.8, 4) is 0 Å². The van der Waals surface area contributed by atoms with E-state index in [1.165, 1.54) is 18.2 Å². The number of halogens is 2. The average molecular weight is 308 g/mol. The molecule has 1 aromatic rings. The van der Waals surface area contributed by atoms with Crippen molar-refractivity contribution < 1.29 is 13.2 Å². The Morgan fingerprint density at radius 2 is 2.06 bits per heavy atom. The zero-order chi connectivity index (χ0) is 13.9. The molecule has 0 radical (unpaired) electrons. The summed E-state index contributed by atoms with van der Waals surface area (Å²) in [4.78, 5) is 11.7. The topological polar surface area (TPSA) is 63.2 Å². The van der Waals surface area contributed by atoms with Crippen LogP contribution in [0.2, 0.25) is 0 Å². The van der Waals surface area contributed by atoms with E-state index in [0.717, 1.165) is 0 Å². The molecular weight excluding hydrogens is 297 g/mol. The minimum absolute atomic E-state index is 0.109. The molecule has 98 valence electrons. The average Bonchev–Trinajstić information content (AvgIpc) is 2.24. The van der Waals surface area contributed by atoms with E-state index in [-0.39, 0.29) is 22.0 Å². The van der Waals surface area contributed by atoms with Gasteiger partial charge in [0.1, 0.15) is 0 Å². The summed E-state index contributed by atoms with van der Waals surface area (Å²) < 4.78 is 22.4. The van der Waals surface area contributed by atoms with Crippen LogP contribution in [0.5, 0.6) is 0 Å². The van der Waals surface area contributed by atoms with Crippen LogP contribution in [0.25, 0.3) is 0 Å². The number of aryl methyl sites for hydroxylation is 1. The molecule has 0 saturated carbocycles. The van der Waals surface area contributed by atoms with Crippen molar-refractivity contribution in [2.45, 2.75) is 11.8 Å². The van der Waals surface area contributed by atoms with Gasteiger partial charge in [0, 0.05) is 21.3 Å². The highest BCUT2D eigenvalue weighted by Crippen LogP contribution is 2.19. The summed E-state index contributed by atoms with van der Waals surface area (Å²) >= 11 is 5.53. The first-order chi connectivity index (χ1) is 8.21. The van der Waals surface area contributed by atoms with E-state index in [9.17, 15) is 13.2 Å². The number of carbonyl (C=O) groups excluding carboxylic acids is 1. The van der Waals surface area contributed by atoms with Crippen molar-refractivity contribution in [1.82, 2.24) is 5.32 Å². The van der Waals surface area contributed by atoms with Crippen LogP contribution in [0.15, 0.2) is 34.7 Å². The van der Waals surface area contributed by atoms with Crippen molar-refractivity contribution in [1.29, 1.82) is 0 Å². The molecular formula is C11H11Cl2NO3S. The van der Waals surface area contributed by atoms with E-state index in [2.05, 4.69) is 11.9 Å². The predicted molar refractivity (Wildman–Crippen MR) is 71.5 cm³/mol. The summed E-state index contributed by atoms with van der Waals surface area (Å²) in [6.07, 6.45) is 0. The van der Waals surface area contributed by atoms with Crippen molar-refractivity contribution >= 4 is 37.2 Å². The summed E-state index contributed by atoms with van der Waals surface area (Å²) in [7, 11) is 1.36. The van der Waals surface area contributed by atoms with Gasteiger partial charge in [-0.25, -0.2) is 8.42 Å². The van der Waals surface area contributed by atoms with Gasteiger partial charge in [0.25, 0.3) is 15.0 Å². The smallest absolute Gasteiger partial charge is 0.261 e. The number of carbonyl (C=O) groups is 1. The van der Waals surface area contributed by atoms with E-state index < -0.39 is 15.0 Å². The molecule has 0 fully saturated rings. The summed E-state index contributed by atoms with van der Waals surface area (Å²) in [5, 5.41) is 2.79. The van der Waals surface area contributed by atoms with Crippen LogP contribution in [-0.4, -0.2) is 20.9 Å². The number of benzene rings is 1. The molecule has 1 N–H and O–H groups in total. The lowest BCUT2D eigenvalue weighted by atomic mass is 10.1. The summed E-state index contributed by atoms with van der Waals surface area (Å²) in [5.41, 5.74) is 0.867. The van der Waals surface area contributed by atoms with E-state index in [1.807, 2.05) is 0 Å². The van der Waals surface area contributed by atoms with E-state index in [1.54, 1.807) is 6.92 Å².